The molecule has 4 amide bonds. The van der Waals surface area contributed by atoms with Crippen LogP contribution in [0.25, 0.3) is 0 Å². The van der Waals surface area contributed by atoms with Crippen molar-refractivity contribution in [3.05, 3.63) is 48.5 Å². The van der Waals surface area contributed by atoms with Crippen molar-refractivity contribution in [2.24, 2.45) is 10.2 Å². The lowest BCUT2D eigenvalue weighted by Crippen LogP contribution is -2.46. The minimum atomic E-state index is -2.69. The van der Waals surface area contributed by atoms with Crippen LogP contribution in [0.5, 0.6) is 5.75 Å². The van der Waals surface area contributed by atoms with Crippen LogP contribution < -0.4 is 26.0 Å². The number of azo groups is 1. The number of anilines is 1. The van der Waals surface area contributed by atoms with Gasteiger partial charge in [0.15, 0.2) is 0 Å². The number of alkyl carbamates (subject to hydrolysis) is 2. The Labute approximate surface area is 358 Å². The maximum atomic E-state index is 13.3. The third kappa shape index (κ3) is 23.3. The summed E-state index contributed by atoms with van der Waals surface area (Å²) in [4.78, 5) is 50.0. The largest absolute Gasteiger partial charge is 0.500 e. The molecule has 1 atom stereocenters. The Balaban J connectivity index is 1.76. The van der Waals surface area contributed by atoms with Crippen LogP contribution in [-0.4, -0.2) is 89.6 Å². The van der Waals surface area contributed by atoms with Crippen LogP contribution in [0.2, 0.25) is 6.04 Å². The molecule has 0 aliphatic carbocycles. The van der Waals surface area contributed by atoms with Gasteiger partial charge in [0.25, 0.3) is 0 Å². The first-order chi connectivity index (χ1) is 28.5. The number of carbonyl (C=O) groups excluding carboxylic acids is 4. The fourth-order valence-electron chi connectivity index (χ4n) is 5.64. The smallest absolute Gasteiger partial charge is 0.494 e. The maximum absolute atomic E-state index is 13.3. The molecule has 0 radical (unpaired) electrons. The van der Waals surface area contributed by atoms with Crippen molar-refractivity contribution in [3.63, 3.8) is 0 Å². The summed E-state index contributed by atoms with van der Waals surface area (Å²) in [5.41, 5.74) is 0.409. The molecule has 16 nitrogen and oxygen atoms in total. The maximum Gasteiger partial charge on any atom is 0.500 e. The number of nitrogens with one attached hydrogen (secondary N) is 4. The zero-order valence-corrected chi connectivity index (χ0v) is 38.3. The van der Waals surface area contributed by atoms with Crippen LogP contribution in [0.15, 0.2) is 58.8 Å². The highest BCUT2D eigenvalue weighted by Crippen LogP contribution is 2.23. The Morgan fingerprint density at radius 3 is 1.77 bits per heavy atom. The minimum absolute atomic E-state index is 0.0358. The quantitative estimate of drug-likeness (QED) is 0.0382. The first kappa shape index (κ1) is 51.6. The van der Waals surface area contributed by atoms with Gasteiger partial charge in [-0.1, -0.05) is 0 Å². The van der Waals surface area contributed by atoms with Gasteiger partial charge in [-0.3, -0.25) is 9.59 Å². The molecule has 0 bridgehead atoms. The molecule has 0 saturated carbocycles. The van der Waals surface area contributed by atoms with Crippen molar-refractivity contribution in [2.75, 3.05) is 44.8 Å². The predicted octanol–water partition coefficient (Wildman–Crippen LogP) is 9.12. The molecule has 0 spiro atoms. The number of amides is 4. The van der Waals surface area contributed by atoms with Gasteiger partial charge in [0.05, 0.1) is 18.0 Å². The number of unbranched alkanes of at least 4 members (excludes halogenated alkanes) is 3. The predicted molar refractivity (Wildman–Crippen MR) is 234 cm³/mol. The summed E-state index contributed by atoms with van der Waals surface area (Å²) >= 11 is 0. The summed E-state index contributed by atoms with van der Waals surface area (Å²) in [6.45, 7) is 19.5. The highest BCUT2D eigenvalue weighted by atomic mass is 28.4. The number of hydrogen-bond donors (Lipinski definition) is 4. The highest BCUT2D eigenvalue weighted by Gasteiger charge is 2.39. The van der Waals surface area contributed by atoms with Crippen LogP contribution in [-0.2, 0) is 32.3 Å². The lowest BCUT2D eigenvalue weighted by molar-refractivity contribution is -0.121. The van der Waals surface area contributed by atoms with E-state index in [0.29, 0.717) is 88.3 Å². The third-order valence-corrected chi connectivity index (χ3v) is 11.4. The van der Waals surface area contributed by atoms with Gasteiger partial charge < -0.3 is 48.8 Å². The van der Waals surface area contributed by atoms with E-state index in [1.54, 1.807) is 65.8 Å². The SMILES string of the molecule is CCO[Si](CCCNC(=O)CCCCCOc1ccc(N=Nc2ccc(NC(=O)[C@H](CCCCNC(=O)OC(C)(C)C)NC(=O)OC(C)(C)C)cc2)cc1)(OCC)OCC. The lowest BCUT2D eigenvalue weighted by Gasteiger charge is -2.28. The highest BCUT2D eigenvalue weighted by molar-refractivity contribution is 6.60. The van der Waals surface area contributed by atoms with E-state index in [1.165, 1.54) is 0 Å². The van der Waals surface area contributed by atoms with Crippen molar-refractivity contribution >= 4 is 49.9 Å². The van der Waals surface area contributed by atoms with Gasteiger partial charge in [-0.2, -0.15) is 10.2 Å². The fraction of sp³-hybridized carbons (Fsp3) is 0.628. The van der Waals surface area contributed by atoms with Gasteiger partial charge in [-0.15, -0.1) is 0 Å². The van der Waals surface area contributed by atoms with Crippen molar-refractivity contribution < 1.29 is 46.7 Å². The van der Waals surface area contributed by atoms with E-state index in [4.69, 9.17) is 27.5 Å². The Hall–Kier alpha value is -4.58. The first-order valence-corrected chi connectivity index (χ1v) is 23.1. The van der Waals surface area contributed by atoms with Crippen LogP contribution in [0.1, 0.15) is 114 Å². The van der Waals surface area contributed by atoms with Gasteiger partial charge in [0, 0.05) is 51.1 Å². The van der Waals surface area contributed by atoms with Crippen LogP contribution >= 0.6 is 0 Å². The van der Waals surface area contributed by atoms with Crippen molar-refractivity contribution in [1.29, 1.82) is 0 Å². The van der Waals surface area contributed by atoms with Gasteiger partial charge in [-0.25, -0.2) is 9.59 Å². The molecule has 336 valence electrons. The molecule has 0 fully saturated rings. The molecule has 2 aromatic rings. The number of nitrogens with zero attached hydrogens (tertiary/aromatic N) is 2. The van der Waals surface area contributed by atoms with Crippen molar-refractivity contribution in [2.45, 2.75) is 137 Å². The average molecular weight is 859 g/mol. The Morgan fingerprint density at radius 2 is 1.20 bits per heavy atom. The van der Waals surface area contributed by atoms with E-state index >= 15 is 0 Å². The second-order valence-electron chi connectivity index (χ2n) is 15.9. The Bertz CT molecular complexity index is 1580. The normalized spacial score (nSPS) is 12.4. The monoisotopic (exact) mass is 858 g/mol. The van der Waals surface area contributed by atoms with Crippen molar-refractivity contribution in [1.82, 2.24) is 16.0 Å². The van der Waals surface area contributed by atoms with Crippen LogP contribution in [0, 0.1) is 0 Å². The minimum Gasteiger partial charge on any atom is -0.494 e. The standard InChI is InChI=1S/C43H70N6O10Si/c1-10-55-60(56-11-2,57-12-3)32-18-30-44-38(50)20-14-13-17-31-54-36-27-25-35(26-28-36)49-48-34-23-21-33(22-24-34)46-39(51)37(47-41(53)59-43(7,8)9)19-15-16-29-45-40(52)58-42(4,5)6/h21-28,37H,10-20,29-32H2,1-9H3,(H,44,50)(H,45,52)(H,46,51)(H,47,53)/t37-/m0/s1. The Kier molecular flexibility index (Phi) is 23.5. The zero-order valence-electron chi connectivity index (χ0n) is 37.3. The summed E-state index contributed by atoms with van der Waals surface area (Å²) < 4.78 is 34.1. The number of ether oxygens (including phenoxy) is 3. The average Bonchev–Trinajstić information content (AvgIpc) is 3.16. The molecule has 17 heteroatoms. The number of hydrogen-bond acceptors (Lipinski definition) is 12. The molecule has 0 aliphatic heterocycles. The number of benzene rings is 2. The lowest BCUT2D eigenvalue weighted by atomic mass is 10.1. The van der Waals surface area contributed by atoms with Gasteiger partial charge in [0.1, 0.15) is 23.0 Å². The molecule has 2 aromatic carbocycles. The molecule has 0 saturated heterocycles. The van der Waals surface area contributed by atoms with E-state index in [0.717, 1.165) is 31.4 Å². The second-order valence-corrected chi connectivity index (χ2v) is 18.7. The number of carbonyl (C=O) groups is 4. The molecule has 2 rings (SSSR count). The molecule has 0 aromatic heterocycles. The number of rotatable bonds is 27. The van der Waals surface area contributed by atoms with E-state index in [9.17, 15) is 19.2 Å². The molecular formula is C43H70N6O10Si. The zero-order chi connectivity index (χ0) is 44.4. The summed E-state index contributed by atoms with van der Waals surface area (Å²) in [7, 11) is -2.69. The molecule has 4 N–H and O–H groups in total. The van der Waals surface area contributed by atoms with E-state index in [2.05, 4.69) is 31.5 Å². The van der Waals surface area contributed by atoms with Crippen molar-refractivity contribution in [3.8, 4) is 5.75 Å². The summed E-state index contributed by atoms with van der Waals surface area (Å²) in [5.74, 6) is 0.346. The summed E-state index contributed by atoms with van der Waals surface area (Å²) in [5, 5.41) is 19.8. The van der Waals surface area contributed by atoms with Gasteiger partial charge in [-0.05, 0) is 156 Å². The third-order valence-electron chi connectivity index (χ3n) is 8.24. The van der Waals surface area contributed by atoms with Crippen LogP contribution in [0.3, 0.4) is 0 Å². The summed E-state index contributed by atoms with van der Waals surface area (Å²) in [6.07, 6.45) is 3.91. The Morgan fingerprint density at radius 1 is 0.650 bits per heavy atom. The van der Waals surface area contributed by atoms with Gasteiger partial charge in [0.2, 0.25) is 11.8 Å². The molecular weight excluding hydrogens is 789 g/mol. The van der Waals surface area contributed by atoms with E-state index in [-0.39, 0.29) is 5.91 Å². The van der Waals surface area contributed by atoms with Gasteiger partial charge >= 0.3 is 21.0 Å². The molecule has 60 heavy (non-hydrogen) atoms. The first-order valence-electron chi connectivity index (χ1n) is 21.2. The molecule has 0 unspecified atom stereocenters. The van der Waals surface area contributed by atoms with Crippen LogP contribution in [0.4, 0.5) is 26.7 Å². The van der Waals surface area contributed by atoms with E-state index in [1.807, 2.05) is 45.0 Å². The van der Waals surface area contributed by atoms with E-state index < -0.39 is 44.1 Å². The fourth-order valence-corrected chi connectivity index (χ4v) is 8.25. The molecule has 0 heterocycles. The topological polar surface area (TPSA) is 196 Å². The summed E-state index contributed by atoms with van der Waals surface area (Å²) in [6, 6.07) is 13.9. The second kappa shape index (κ2) is 27.3. The molecule has 0 aliphatic rings.